The molecule has 0 spiro atoms. The molecule has 0 heterocycles. The summed E-state index contributed by atoms with van der Waals surface area (Å²) >= 11 is 6.22. The first-order valence-corrected chi connectivity index (χ1v) is 12.1. The van der Waals surface area contributed by atoms with Crippen LogP contribution >= 0.6 is 11.6 Å². The van der Waals surface area contributed by atoms with Gasteiger partial charge in [0.2, 0.25) is 11.8 Å². The molecule has 0 saturated carbocycles. The molecule has 35 heavy (non-hydrogen) atoms. The number of hydrazine groups is 1. The Morgan fingerprint density at radius 1 is 1.06 bits per heavy atom. The predicted molar refractivity (Wildman–Crippen MR) is 137 cm³/mol. The largest absolute Gasteiger partial charge is 0.449 e. The number of anilines is 1. The number of hydrogen-bond donors (Lipinski definition) is 4. The average molecular weight is 504 g/mol. The van der Waals surface area contributed by atoms with E-state index in [0.717, 1.165) is 12.0 Å². The van der Waals surface area contributed by atoms with E-state index >= 15 is 0 Å². The van der Waals surface area contributed by atoms with E-state index in [-0.39, 0.29) is 31.4 Å². The Hall–Kier alpha value is -3.14. The van der Waals surface area contributed by atoms with Gasteiger partial charge in [-0.25, -0.2) is 10.2 Å². The van der Waals surface area contributed by atoms with Gasteiger partial charge in [0.1, 0.15) is 6.61 Å². The van der Waals surface area contributed by atoms with Crippen LogP contribution in [-0.4, -0.2) is 49.2 Å². The molecule has 0 aliphatic carbocycles. The molecule has 0 radical (unpaired) electrons. The van der Waals surface area contributed by atoms with Crippen LogP contribution in [0.25, 0.3) is 0 Å². The fraction of sp³-hybridized carbons (Fsp3) is 0.400. The fourth-order valence-electron chi connectivity index (χ4n) is 3.15. The van der Waals surface area contributed by atoms with E-state index in [1.165, 1.54) is 10.6 Å². The zero-order valence-corrected chi connectivity index (χ0v) is 20.8. The Kier molecular flexibility index (Phi) is 12.6. The lowest BCUT2D eigenvalue weighted by atomic mass is 10.1. The van der Waals surface area contributed by atoms with E-state index in [1.54, 1.807) is 6.07 Å². The smallest absolute Gasteiger partial charge is 0.411 e. The molecule has 0 aliphatic rings. The molecule has 2 rings (SSSR count). The minimum atomic E-state index is -0.617. The Morgan fingerprint density at radius 3 is 2.49 bits per heavy atom. The van der Waals surface area contributed by atoms with Crippen molar-refractivity contribution in [1.29, 1.82) is 0 Å². The molecule has 2 aromatic rings. The summed E-state index contributed by atoms with van der Waals surface area (Å²) in [5.41, 5.74) is 11.0. The molecular formula is C25H34ClN5O4. The maximum absolute atomic E-state index is 12.8. The average Bonchev–Trinajstić information content (AvgIpc) is 2.86. The molecule has 9 nitrogen and oxygen atoms in total. The van der Waals surface area contributed by atoms with Crippen molar-refractivity contribution >= 4 is 35.2 Å². The second kappa shape index (κ2) is 15.7. The van der Waals surface area contributed by atoms with Crippen molar-refractivity contribution in [2.24, 2.45) is 5.73 Å². The molecule has 5 N–H and O–H groups in total. The number of nitrogens with one attached hydrogen (secondary N) is 3. The van der Waals surface area contributed by atoms with Crippen LogP contribution in [0.3, 0.4) is 0 Å². The Bertz CT molecular complexity index is 955. The Morgan fingerprint density at radius 2 is 1.80 bits per heavy atom. The lowest BCUT2D eigenvalue weighted by molar-refractivity contribution is -0.135. The summed E-state index contributed by atoms with van der Waals surface area (Å²) in [6.45, 7) is 3.20. The van der Waals surface area contributed by atoms with Gasteiger partial charge < -0.3 is 15.8 Å². The summed E-state index contributed by atoms with van der Waals surface area (Å²) in [7, 11) is 0. The van der Waals surface area contributed by atoms with E-state index < -0.39 is 6.09 Å². The molecule has 0 aromatic heterocycles. The van der Waals surface area contributed by atoms with Crippen LogP contribution in [0.4, 0.5) is 10.5 Å². The minimum Gasteiger partial charge on any atom is -0.449 e. The number of ether oxygens (including phenoxy) is 1. The van der Waals surface area contributed by atoms with Crippen LogP contribution in [0.2, 0.25) is 5.02 Å². The van der Waals surface area contributed by atoms with E-state index in [9.17, 15) is 14.4 Å². The van der Waals surface area contributed by atoms with Crippen LogP contribution in [0.15, 0.2) is 48.5 Å². The number of nitrogens with two attached hydrogens (primary N) is 1. The van der Waals surface area contributed by atoms with Crippen LogP contribution in [-0.2, 0) is 27.3 Å². The SMILES string of the molecule is CCc1ccc(NC(=O)OCCC(=O)N(CCCCNC(=O)CN)NCc2ccccc2Cl)cc1. The molecule has 190 valence electrons. The van der Waals surface area contributed by atoms with Crippen molar-refractivity contribution in [3.8, 4) is 0 Å². The number of hydrogen-bond acceptors (Lipinski definition) is 6. The molecule has 0 unspecified atom stereocenters. The number of benzene rings is 2. The molecular weight excluding hydrogens is 470 g/mol. The van der Waals surface area contributed by atoms with Gasteiger partial charge in [0.15, 0.2) is 0 Å². The molecule has 2 aromatic carbocycles. The Labute approximate surface area is 211 Å². The van der Waals surface area contributed by atoms with Crippen LogP contribution < -0.4 is 21.8 Å². The van der Waals surface area contributed by atoms with Gasteiger partial charge in [-0.1, -0.05) is 48.9 Å². The monoisotopic (exact) mass is 503 g/mol. The summed E-state index contributed by atoms with van der Waals surface area (Å²) in [6.07, 6.45) is 1.64. The first kappa shape index (κ1) is 28.1. The van der Waals surface area contributed by atoms with E-state index in [1.807, 2.05) is 42.5 Å². The van der Waals surface area contributed by atoms with Gasteiger partial charge in [0.05, 0.1) is 13.0 Å². The summed E-state index contributed by atoms with van der Waals surface area (Å²) in [6, 6.07) is 14.9. The highest BCUT2D eigenvalue weighted by Crippen LogP contribution is 2.15. The number of aryl methyl sites for hydroxylation is 1. The van der Waals surface area contributed by atoms with Crippen LogP contribution in [0.1, 0.15) is 37.3 Å². The van der Waals surface area contributed by atoms with Gasteiger partial charge in [-0.05, 0) is 48.6 Å². The van der Waals surface area contributed by atoms with Crippen molar-refractivity contribution in [3.63, 3.8) is 0 Å². The zero-order chi connectivity index (χ0) is 25.5. The van der Waals surface area contributed by atoms with Gasteiger partial charge in [0.25, 0.3) is 0 Å². The second-order valence-corrected chi connectivity index (χ2v) is 8.20. The number of halogens is 1. The third-order valence-electron chi connectivity index (χ3n) is 5.19. The standard InChI is InChI=1S/C25H34ClN5O4/c1-2-19-9-11-21(12-10-19)30-25(34)35-16-13-24(33)31(15-6-5-14-28-23(32)17-27)29-18-20-7-3-4-8-22(20)26/h3-4,7-12,29H,2,5-6,13-18,27H2,1H3,(H,28,32)(H,30,34). The summed E-state index contributed by atoms with van der Waals surface area (Å²) in [4.78, 5) is 36.1. The normalized spacial score (nSPS) is 10.5. The third-order valence-corrected chi connectivity index (χ3v) is 5.56. The molecule has 0 aliphatic heterocycles. The van der Waals surface area contributed by atoms with Crippen molar-refractivity contribution in [1.82, 2.24) is 15.8 Å². The lowest BCUT2D eigenvalue weighted by Gasteiger charge is -2.24. The van der Waals surface area contributed by atoms with Gasteiger partial charge in [0, 0.05) is 30.3 Å². The van der Waals surface area contributed by atoms with Crippen molar-refractivity contribution in [3.05, 3.63) is 64.7 Å². The van der Waals surface area contributed by atoms with Gasteiger partial charge in [-0.2, -0.15) is 0 Å². The predicted octanol–water partition coefficient (Wildman–Crippen LogP) is 3.23. The summed E-state index contributed by atoms with van der Waals surface area (Å²) < 4.78 is 5.18. The van der Waals surface area contributed by atoms with E-state index in [0.29, 0.717) is 43.2 Å². The fourth-order valence-corrected chi connectivity index (χ4v) is 3.36. The Balaban J connectivity index is 1.82. The van der Waals surface area contributed by atoms with Gasteiger partial charge in [-0.3, -0.25) is 19.9 Å². The molecule has 3 amide bonds. The number of amides is 3. The maximum Gasteiger partial charge on any atom is 0.411 e. The van der Waals surface area contributed by atoms with E-state index in [2.05, 4.69) is 23.0 Å². The highest BCUT2D eigenvalue weighted by atomic mass is 35.5. The highest BCUT2D eigenvalue weighted by molar-refractivity contribution is 6.31. The van der Waals surface area contributed by atoms with Gasteiger partial charge >= 0.3 is 6.09 Å². The van der Waals surface area contributed by atoms with Crippen molar-refractivity contribution < 1.29 is 19.1 Å². The second-order valence-electron chi connectivity index (χ2n) is 7.79. The quantitative estimate of drug-likeness (QED) is 0.231. The third kappa shape index (κ3) is 10.8. The summed E-state index contributed by atoms with van der Waals surface area (Å²) in [5.74, 6) is -0.436. The molecule has 0 bridgehead atoms. The maximum atomic E-state index is 12.8. The first-order valence-electron chi connectivity index (χ1n) is 11.7. The molecule has 0 saturated heterocycles. The summed E-state index contributed by atoms with van der Waals surface area (Å²) in [5, 5.41) is 7.46. The molecule has 0 fully saturated rings. The van der Waals surface area contributed by atoms with Crippen LogP contribution in [0.5, 0.6) is 0 Å². The van der Waals surface area contributed by atoms with Crippen LogP contribution in [0, 0.1) is 0 Å². The highest BCUT2D eigenvalue weighted by Gasteiger charge is 2.15. The topological polar surface area (TPSA) is 126 Å². The number of carbonyl (C=O) groups excluding carboxylic acids is 3. The number of rotatable bonds is 14. The first-order chi connectivity index (χ1) is 16.9. The number of unbranched alkanes of at least 4 members (excludes halogenated alkanes) is 1. The zero-order valence-electron chi connectivity index (χ0n) is 20.0. The minimum absolute atomic E-state index is 0.0155. The molecule has 10 heteroatoms. The number of carbonyl (C=O) groups is 3. The van der Waals surface area contributed by atoms with Crippen molar-refractivity contribution in [2.45, 2.75) is 39.2 Å². The van der Waals surface area contributed by atoms with E-state index in [4.69, 9.17) is 22.1 Å². The lowest BCUT2D eigenvalue weighted by Crippen LogP contribution is -2.43. The molecule has 0 atom stereocenters. The van der Waals surface area contributed by atoms with Gasteiger partial charge in [-0.15, -0.1) is 0 Å². The van der Waals surface area contributed by atoms with Crippen molar-refractivity contribution in [2.75, 3.05) is 31.6 Å². The number of nitrogens with zero attached hydrogens (tertiary/aromatic N) is 1.